The van der Waals surface area contributed by atoms with Crippen LogP contribution in [0.1, 0.15) is 31.9 Å². The summed E-state index contributed by atoms with van der Waals surface area (Å²) in [6.45, 7) is 7.90. The van der Waals surface area contributed by atoms with Crippen molar-refractivity contribution in [3.63, 3.8) is 0 Å². The number of ether oxygens (including phenoxy) is 1. The van der Waals surface area contributed by atoms with Crippen LogP contribution in [0.5, 0.6) is 0 Å². The van der Waals surface area contributed by atoms with E-state index < -0.39 is 11.7 Å². The quantitative estimate of drug-likeness (QED) is 0.902. The van der Waals surface area contributed by atoms with Crippen LogP contribution in [0.2, 0.25) is 5.02 Å². The molecule has 0 atom stereocenters. The van der Waals surface area contributed by atoms with E-state index in [-0.39, 0.29) is 0 Å². The molecular weight excluding hydrogens is 262 g/mol. The number of benzene rings is 1. The molecule has 1 amide bonds. The number of halogens is 1. The van der Waals surface area contributed by atoms with Crippen LogP contribution in [-0.4, -0.2) is 18.2 Å². The number of rotatable bonds is 3. The van der Waals surface area contributed by atoms with E-state index in [9.17, 15) is 4.79 Å². The normalized spacial score (nSPS) is 11.6. The highest BCUT2D eigenvalue weighted by atomic mass is 35.5. The molecule has 1 aromatic rings. The lowest BCUT2D eigenvalue weighted by Gasteiger charge is -2.19. The van der Waals surface area contributed by atoms with Crippen LogP contribution in [0.25, 0.3) is 6.08 Å². The highest BCUT2D eigenvalue weighted by molar-refractivity contribution is 6.30. The number of carbonyl (C=O) groups excluding carboxylic acids is 1. The van der Waals surface area contributed by atoms with E-state index in [0.717, 1.165) is 11.1 Å². The predicted molar refractivity (Wildman–Crippen MR) is 79.5 cm³/mol. The Morgan fingerprint density at radius 2 is 2.05 bits per heavy atom. The van der Waals surface area contributed by atoms with Gasteiger partial charge in [-0.2, -0.15) is 0 Å². The smallest absolute Gasteiger partial charge is 0.407 e. The van der Waals surface area contributed by atoms with E-state index >= 15 is 0 Å². The average molecular weight is 282 g/mol. The van der Waals surface area contributed by atoms with Gasteiger partial charge in [-0.1, -0.05) is 29.8 Å². The van der Waals surface area contributed by atoms with Gasteiger partial charge in [-0.15, -0.1) is 0 Å². The lowest BCUT2D eigenvalue weighted by molar-refractivity contribution is 0.0534. The van der Waals surface area contributed by atoms with Gasteiger partial charge in [0.25, 0.3) is 0 Å². The van der Waals surface area contributed by atoms with Gasteiger partial charge in [0, 0.05) is 11.6 Å². The van der Waals surface area contributed by atoms with Crippen molar-refractivity contribution in [1.82, 2.24) is 5.32 Å². The van der Waals surface area contributed by atoms with Crippen molar-refractivity contribution < 1.29 is 9.53 Å². The summed E-state index contributed by atoms with van der Waals surface area (Å²) in [6, 6.07) is 5.80. The van der Waals surface area contributed by atoms with Gasteiger partial charge in [0.2, 0.25) is 0 Å². The number of hydrogen-bond donors (Lipinski definition) is 1. The first-order chi connectivity index (χ1) is 8.76. The number of aryl methyl sites for hydroxylation is 1. The SMILES string of the molecule is Cc1cc(Cl)cc(C=CCNC(=O)OC(C)(C)C)c1. The van der Waals surface area contributed by atoms with Crippen LogP contribution in [0.3, 0.4) is 0 Å². The maximum Gasteiger partial charge on any atom is 0.407 e. The third-order valence-corrected chi connectivity index (χ3v) is 2.36. The van der Waals surface area contributed by atoms with Crippen molar-refractivity contribution in [3.8, 4) is 0 Å². The molecule has 104 valence electrons. The average Bonchev–Trinajstić information content (AvgIpc) is 2.20. The number of carbonyl (C=O) groups is 1. The first-order valence-electron chi connectivity index (χ1n) is 6.17. The standard InChI is InChI=1S/C15H20ClNO2/c1-11-8-12(10-13(16)9-11)6-5-7-17-14(18)19-15(2,3)4/h5-6,8-10H,7H2,1-4H3,(H,17,18). The summed E-state index contributed by atoms with van der Waals surface area (Å²) in [4.78, 5) is 11.4. The van der Waals surface area contributed by atoms with E-state index in [1.54, 1.807) is 0 Å². The second kappa shape index (κ2) is 6.62. The summed E-state index contributed by atoms with van der Waals surface area (Å²) in [5, 5.41) is 3.37. The summed E-state index contributed by atoms with van der Waals surface area (Å²) >= 11 is 5.96. The third kappa shape index (κ3) is 6.87. The van der Waals surface area contributed by atoms with E-state index in [1.807, 2.05) is 58.0 Å². The third-order valence-electron chi connectivity index (χ3n) is 2.14. The molecule has 19 heavy (non-hydrogen) atoms. The fourth-order valence-corrected chi connectivity index (χ4v) is 1.81. The predicted octanol–water partition coefficient (Wildman–Crippen LogP) is 4.19. The molecule has 0 bridgehead atoms. The van der Waals surface area contributed by atoms with Gasteiger partial charge in [-0.3, -0.25) is 0 Å². The summed E-state index contributed by atoms with van der Waals surface area (Å²) in [5.41, 5.74) is 1.64. The Balaban J connectivity index is 2.44. The van der Waals surface area contributed by atoms with Crippen molar-refractivity contribution >= 4 is 23.8 Å². The van der Waals surface area contributed by atoms with Gasteiger partial charge in [0.15, 0.2) is 0 Å². The molecule has 1 aromatic carbocycles. The van der Waals surface area contributed by atoms with Gasteiger partial charge in [0.05, 0.1) is 0 Å². The summed E-state index contributed by atoms with van der Waals surface area (Å²) in [6.07, 6.45) is 3.35. The minimum absolute atomic E-state index is 0.417. The zero-order valence-corrected chi connectivity index (χ0v) is 12.5. The second-order valence-corrected chi connectivity index (χ2v) is 5.78. The molecule has 0 aromatic heterocycles. The van der Waals surface area contributed by atoms with Crippen molar-refractivity contribution in [2.24, 2.45) is 0 Å². The Labute approximate surface area is 119 Å². The molecule has 0 aliphatic carbocycles. The fraction of sp³-hybridized carbons (Fsp3) is 0.400. The molecule has 4 heteroatoms. The monoisotopic (exact) mass is 281 g/mol. The van der Waals surface area contributed by atoms with E-state index in [0.29, 0.717) is 11.6 Å². The van der Waals surface area contributed by atoms with E-state index in [2.05, 4.69) is 5.32 Å². The molecule has 0 radical (unpaired) electrons. The molecule has 0 unspecified atom stereocenters. The molecule has 1 N–H and O–H groups in total. The van der Waals surface area contributed by atoms with Crippen LogP contribution in [0.4, 0.5) is 4.79 Å². The van der Waals surface area contributed by atoms with E-state index in [1.165, 1.54) is 0 Å². The van der Waals surface area contributed by atoms with Gasteiger partial charge >= 0.3 is 6.09 Å². The highest BCUT2D eigenvalue weighted by Gasteiger charge is 2.14. The largest absolute Gasteiger partial charge is 0.444 e. The number of hydrogen-bond acceptors (Lipinski definition) is 2. The molecule has 3 nitrogen and oxygen atoms in total. The van der Waals surface area contributed by atoms with Crippen LogP contribution >= 0.6 is 11.6 Å². The Bertz CT molecular complexity index is 455. The second-order valence-electron chi connectivity index (χ2n) is 5.35. The van der Waals surface area contributed by atoms with Crippen LogP contribution in [-0.2, 0) is 4.74 Å². The Morgan fingerprint density at radius 3 is 2.63 bits per heavy atom. The van der Waals surface area contributed by atoms with Crippen molar-refractivity contribution in [2.45, 2.75) is 33.3 Å². The maximum atomic E-state index is 11.4. The molecule has 0 aliphatic heterocycles. The minimum Gasteiger partial charge on any atom is -0.444 e. The first-order valence-corrected chi connectivity index (χ1v) is 6.55. The van der Waals surface area contributed by atoms with Crippen molar-refractivity contribution in [2.75, 3.05) is 6.54 Å². The summed E-state index contributed by atoms with van der Waals surface area (Å²) < 4.78 is 5.12. The van der Waals surface area contributed by atoms with Crippen LogP contribution in [0.15, 0.2) is 24.3 Å². The molecule has 0 aliphatic rings. The number of nitrogens with one attached hydrogen (secondary N) is 1. The Hall–Kier alpha value is -1.48. The molecule has 0 saturated carbocycles. The molecular formula is C15H20ClNO2. The number of alkyl carbamates (subject to hydrolysis) is 1. The summed E-state index contributed by atoms with van der Waals surface area (Å²) in [7, 11) is 0. The molecule has 0 heterocycles. The van der Waals surface area contributed by atoms with Gasteiger partial charge < -0.3 is 10.1 Å². The lowest BCUT2D eigenvalue weighted by atomic mass is 10.1. The lowest BCUT2D eigenvalue weighted by Crippen LogP contribution is -2.32. The maximum absolute atomic E-state index is 11.4. The van der Waals surface area contributed by atoms with Crippen LogP contribution < -0.4 is 5.32 Å². The number of amides is 1. The van der Waals surface area contributed by atoms with Crippen molar-refractivity contribution in [3.05, 3.63) is 40.4 Å². The Morgan fingerprint density at radius 1 is 1.37 bits per heavy atom. The fourth-order valence-electron chi connectivity index (χ4n) is 1.51. The molecule has 0 fully saturated rings. The first kappa shape index (κ1) is 15.6. The van der Waals surface area contributed by atoms with Gasteiger partial charge in [-0.25, -0.2) is 4.79 Å². The van der Waals surface area contributed by atoms with Crippen LogP contribution in [0, 0.1) is 6.92 Å². The van der Waals surface area contributed by atoms with Crippen molar-refractivity contribution in [1.29, 1.82) is 0 Å². The van der Waals surface area contributed by atoms with E-state index in [4.69, 9.17) is 16.3 Å². The zero-order valence-electron chi connectivity index (χ0n) is 11.8. The minimum atomic E-state index is -0.474. The van der Waals surface area contributed by atoms with Gasteiger partial charge in [-0.05, 0) is 51.0 Å². The zero-order chi connectivity index (χ0) is 14.5. The molecule has 1 rings (SSSR count). The molecule has 0 saturated heterocycles. The Kier molecular flexibility index (Phi) is 5.43. The topological polar surface area (TPSA) is 38.3 Å². The van der Waals surface area contributed by atoms with Gasteiger partial charge in [0.1, 0.15) is 5.60 Å². The summed E-state index contributed by atoms with van der Waals surface area (Å²) in [5.74, 6) is 0. The highest BCUT2D eigenvalue weighted by Crippen LogP contribution is 2.15. The molecule has 0 spiro atoms.